The molecule has 2 aliphatic heterocycles. The van der Waals surface area contributed by atoms with E-state index in [4.69, 9.17) is 0 Å². The Hall–Kier alpha value is -0.610. The third-order valence-corrected chi connectivity index (χ3v) is 5.02. The van der Waals surface area contributed by atoms with Crippen molar-refractivity contribution in [3.05, 3.63) is 0 Å². The Morgan fingerprint density at radius 1 is 1.05 bits per heavy atom. The molecule has 2 aliphatic rings. The highest BCUT2D eigenvalue weighted by molar-refractivity contribution is 5.78. The van der Waals surface area contributed by atoms with Gasteiger partial charge in [0, 0.05) is 32.6 Å². The summed E-state index contributed by atoms with van der Waals surface area (Å²) in [4.78, 5) is 19.0. The van der Waals surface area contributed by atoms with Crippen molar-refractivity contribution in [2.75, 3.05) is 46.8 Å². The van der Waals surface area contributed by atoms with Crippen molar-refractivity contribution >= 4 is 5.91 Å². The van der Waals surface area contributed by atoms with Crippen LogP contribution in [0.3, 0.4) is 0 Å². The van der Waals surface area contributed by atoms with Crippen LogP contribution in [0.25, 0.3) is 0 Å². The first-order valence-electron chi connectivity index (χ1n) is 8.65. The second-order valence-electron chi connectivity index (χ2n) is 7.47. The van der Waals surface area contributed by atoms with Crippen molar-refractivity contribution in [1.29, 1.82) is 0 Å². The Morgan fingerprint density at radius 3 is 2.10 bits per heavy atom. The molecule has 4 nitrogen and oxygen atoms in total. The number of carbonyl (C=O) groups is 1. The Morgan fingerprint density at radius 2 is 1.62 bits per heavy atom. The molecule has 122 valence electrons. The van der Waals surface area contributed by atoms with Crippen molar-refractivity contribution in [3.8, 4) is 0 Å². The number of rotatable bonds is 4. The fourth-order valence-electron chi connectivity index (χ4n) is 3.86. The van der Waals surface area contributed by atoms with Crippen LogP contribution in [0.1, 0.15) is 39.5 Å². The predicted octanol–water partition coefficient (Wildman–Crippen LogP) is 1.91. The van der Waals surface area contributed by atoms with Gasteiger partial charge in [-0.1, -0.05) is 13.8 Å². The molecule has 0 aromatic carbocycles. The first-order chi connectivity index (χ1) is 9.97. The Balaban J connectivity index is 1.73. The maximum atomic E-state index is 12.0. The number of hydrogen-bond acceptors (Lipinski definition) is 3. The summed E-state index contributed by atoms with van der Waals surface area (Å²) >= 11 is 0. The molecule has 0 N–H and O–H groups in total. The Labute approximate surface area is 130 Å². The quantitative estimate of drug-likeness (QED) is 0.793. The van der Waals surface area contributed by atoms with Crippen molar-refractivity contribution in [2.24, 2.45) is 11.8 Å². The summed E-state index contributed by atoms with van der Waals surface area (Å²) < 4.78 is 0. The van der Waals surface area contributed by atoms with Gasteiger partial charge in [0.2, 0.25) is 5.91 Å². The van der Waals surface area contributed by atoms with Crippen LogP contribution in [0.2, 0.25) is 0 Å². The van der Waals surface area contributed by atoms with Crippen molar-refractivity contribution < 1.29 is 4.79 Å². The SMILES string of the molecule is CC(C)CN1CCC(N2CCC(C(=O)N(C)C)CC2)CC1. The summed E-state index contributed by atoms with van der Waals surface area (Å²) in [6, 6.07) is 0.754. The van der Waals surface area contributed by atoms with E-state index in [1.165, 1.54) is 32.5 Å². The molecule has 2 rings (SSSR count). The lowest BCUT2D eigenvalue weighted by Gasteiger charge is -2.42. The fourth-order valence-corrected chi connectivity index (χ4v) is 3.86. The van der Waals surface area contributed by atoms with E-state index in [-0.39, 0.29) is 5.92 Å². The predicted molar refractivity (Wildman–Crippen MR) is 87.3 cm³/mol. The zero-order valence-electron chi connectivity index (χ0n) is 14.3. The van der Waals surface area contributed by atoms with Crippen molar-refractivity contribution in [3.63, 3.8) is 0 Å². The summed E-state index contributed by atoms with van der Waals surface area (Å²) in [6.45, 7) is 10.6. The summed E-state index contributed by atoms with van der Waals surface area (Å²) in [7, 11) is 3.75. The van der Waals surface area contributed by atoms with Gasteiger partial charge in [0.25, 0.3) is 0 Å². The maximum absolute atomic E-state index is 12.0. The van der Waals surface area contributed by atoms with Crippen LogP contribution in [-0.4, -0.2) is 73.5 Å². The lowest BCUT2D eigenvalue weighted by atomic mass is 9.92. The second-order valence-corrected chi connectivity index (χ2v) is 7.47. The highest BCUT2D eigenvalue weighted by Gasteiger charge is 2.31. The summed E-state index contributed by atoms with van der Waals surface area (Å²) in [5.41, 5.74) is 0. The summed E-state index contributed by atoms with van der Waals surface area (Å²) in [5.74, 6) is 1.35. The van der Waals surface area contributed by atoms with Gasteiger partial charge in [-0.3, -0.25) is 4.79 Å². The molecule has 0 saturated carbocycles. The highest BCUT2D eigenvalue weighted by Crippen LogP contribution is 2.25. The molecule has 21 heavy (non-hydrogen) atoms. The van der Waals surface area contributed by atoms with Crippen LogP contribution < -0.4 is 0 Å². The summed E-state index contributed by atoms with van der Waals surface area (Å²) in [5, 5.41) is 0. The smallest absolute Gasteiger partial charge is 0.225 e. The first kappa shape index (κ1) is 16.8. The molecule has 0 bridgehead atoms. The third kappa shape index (κ3) is 4.68. The number of nitrogens with zero attached hydrogens (tertiary/aromatic N) is 3. The molecule has 0 radical (unpaired) electrons. The van der Waals surface area contributed by atoms with E-state index in [0.717, 1.165) is 37.9 Å². The number of carbonyl (C=O) groups excluding carboxylic acids is 1. The van der Waals surface area contributed by atoms with E-state index >= 15 is 0 Å². The molecule has 0 unspecified atom stereocenters. The van der Waals surface area contributed by atoms with Gasteiger partial charge in [0.05, 0.1) is 0 Å². The summed E-state index contributed by atoms with van der Waals surface area (Å²) in [6.07, 6.45) is 4.70. The van der Waals surface area contributed by atoms with Gasteiger partial charge in [-0.05, 0) is 57.8 Å². The number of piperidine rings is 2. The van der Waals surface area contributed by atoms with Gasteiger partial charge >= 0.3 is 0 Å². The molecule has 2 heterocycles. The van der Waals surface area contributed by atoms with Crippen LogP contribution in [0.5, 0.6) is 0 Å². The number of hydrogen-bond donors (Lipinski definition) is 0. The van der Waals surface area contributed by atoms with E-state index in [2.05, 4.69) is 23.6 Å². The monoisotopic (exact) mass is 295 g/mol. The minimum atomic E-state index is 0.261. The largest absolute Gasteiger partial charge is 0.349 e. The molecule has 0 spiro atoms. The number of likely N-dealkylation sites (tertiary alicyclic amines) is 2. The standard InChI is InChI=1S/C17H33N3O/c1-14(2)13-19-9-7-16(8-10-19)20-11-5-15(6-12-20)17(21)18(3)4/h14-16H,5-13H2,1-4H3. The maximum Gasteiger partial charge on any atom is 0.225 e. The zero-order chi connectivity index (χ0) is 15.4. The van der Waals surface area contributed by atoms with E-state index < -0.39 is 0 Å². The van der Waals surface area contributed by atoms with Crippen LogP contribution in [0.4, 0.5) is 0 Å². The number of amides is 1. The van der Waals surface area contributed by atoms with Gasteiger partial charge in [-0.2, -0.15) is 0 Å². The average Bonchev–Trinajstić information content (AvgIpc) is 2.47. The zero-order valence-corrected chi connectivity index (χ0v) is 14.3. The topological polar surface area (TPSA) is 26.8 Å². The molecule has 0 aromatic heterocycles. The lowest BCUT2D eigenvalue weighted by molar-refractivity contribution is -0.134. The molecule has 0 atom stereocenters. The molecule has 0 aromatic rings. The van der Waals surface area contributed by atoms with E-state index in [1.54, 1.807) is 4.90 Å². The minimum absolute atomic E-state index is 0.261. The highest BCUT2D eigenvalue weighted by atomic mass is 16.2. The molecular formula is C17H33N3O. The van der Waals surface area contributed by atoms with Crippen LogP contribution in [-0.2, 0) is 4.79 Å². The van der Waals surface area contributed by atoms with Crippen molar-refractivity contribution in [2.45, 2.75) is 45.6 Å². The molecule has 2 fully saturated rings. The fraction of sp³-hybridized carbons (Fsp3) is 0.941. The Kier molecular flexibility index (Phi) is 6.06. The van der Waals surface area contributed by atoms with Gasteiger partial charge in [0.1, 0.15) is 0 Å². The minimum Gasteiger partial charge on any atom is -0.349 e. The van der Waals surface area contributed by atoms with Gasteiger partial charge < -0.3 is 14.7 Å². The van der Waals surface area contributed by atoms with E-state index in [1.807, 2.05) is 14.1 Å². The van der Waals surface area contributed by atoms with E-state index in [0.29, 0.717) is 5.91 Å². The molecular weight excluding hydrogens is 262 g/mol. The van der Waals surface area contributed by atoms with E-state index in [9.17, 15) is 4.79 Å². The third-order valence-electron chi connectivity index (χ3n) is 5.02. The molecule has 1 amide bonds. The van der Waals surface area contributed by atoms with Gasteiger partial charge in [-0.25, -0.2) is 0 Å². The average molecular weight is 295 g/mol. The normalized spacial score (nSPS) is 23.7. The first-order valence-corrected chi connectivity index (χ1v) is 8.65. The van der Waals surface area contributed by atoms with Gasteiger partial charge in [0.15, 0.2) is 0 Å². The van der Waals surface area contributed by atoms with Gasteiger partial charge in [-0.15, -0.1) is 0 Å². The Bertz CT molecular complexity index is 327. The second kappa shape index (κ2) is 7.59. The lowest BCUT2D eigenvalue weighted by Crippen LogP contribution is -2.49. The van der Waals surface area contributed by atoms with Crippen LogP contribution in [0.15, 0.2) is 0 Å². The van der Waals surface area contributed by atoms with Crippen LogP contribution >= 0.6 is 0 Å². The van der Waals surface area contributed by atoms with Crippen molar-refractivity contribution in [1.82, 2.24) is 14.7 Å². The molecule has 2 saturated heterocycles. The van der Waals surface area contributed by atoms with Crippen LogP contribution in [0, 0.1) is 11.8 Å². The molecule has 4 heteroatoms. The molecule has 0 aliphatic carbocycles.